The number of rotatable bonds is 4. The van der Waals surface area contributed by atoms with Crippen molar-refractivity contribution in [1.29, 1.82) is 0 Å². The highest BCUT2D eigenvalue weighted by molar-refractivity contribution is 7.11. The van der Waals surface area contributed by atoms with E-state index in [1.54, 1.807) is 17.5 Å². The van der Waals surface area contributed by atoms with Gasteiger partial charge in [-0.2, -0.15) is 0 Å². The lowest BCUT2D eigenvalue weighted by Crippen LogP contribution is -2.13. The zero-order chi connectivity index (χ0) is 12.1. The first-order valence-corrected chi connectivity index (χ1v) is 6.38. The number of nitrogens with zero attached hydrogens (tertiary/aromatic N) is 1. The quantitative estimate of drug-likeness (QED) is 0.903. The van der Waals surface area contributed by atoms with E-state index in [2.05, 4.69) is 17.2 Å². The third-order valence-corrected chi connectivity index (χ3v) is 3.44. The van der Waals surface area contributed by atoms with Gasteiger partial charge in [-0.15, -0.1) is 11.3 Å². The summed E-state index contributed by atoms with van der Waals surface area (Å²) >= 11 is 1.60. The zero-order valence-electron chi connectivity index (χ0n) is 9.64. The Morgan fingerprint density at radius 3 is 2.82 bits per heavy atom. The third kappa shape index (κ3) is 3.39. The van der Waals surface area contributed by atoms with Crippen LogP contribution < -0.4 is 5.32 Å². The van der Waals surface area contributed by atoms with Crippen molar-refractivity contribution >= 4 is 22.9 Å². The zero-order valence-corrected chi connectivity index (χ0v) is 10.5. The number of aromatic nitrogens is 1. The molecular formula is C13H16N2OS. The van der Waals surface area contributed by atoms with E-state index in [1.807, 2.05) is 30.3 Å². The average Bonchev–Trinajstić information content (AvgIpc) is 2.78. The minimum Gasteiger partial charge on any atom is -0.326 e. The van der Waals surface area contributed by atoms with Gasteiger partial charge in [0.05, 0.1) is 11.4 Å². The molecule has 0 spiro atoms. The molecule has 90 valence electrons. The van der Waals surface area contributed by atoms with Gasteiger partial charge in [-0.05, 0) is 18.6 Å². The number of carbonyl (C=O) groups excluding carboxylic acids is 1. The smallest absolute Gasteiger partial charge is 0.229 e. The fraction of sp³-hybridized carbons (Fsp3) is 0.231. The Morgan fingerprint density at radius 1 is 1.41 bits per heavy atom. The van der Waals surface area contributed by atoms with Crippen LogP contribution in [0.15, 0.2) is 36.5 Å². The topological polar surface area (TPSA) is 42.0 Å². The number of hydrogen-bond acceptors (Lipinski definition) is 3. The molecule has 0 fully saturated rings. The van der Waals surface area contributed by atoms with Crippen LogP contribution in [0.3, 0.4) is 0 Å². The summed E-state index contributed by atoms with van der Waals surface area (Å²) in [6.45, 7) is 2.06. The van der Waals surface area contributed by atoms with Gasteiger partial charge in [0.25, 0.3) is 0 Å². The summed E-state index contributed by atoms with van der Waals surface area (Å²) in [5.41, 5.74) is 0.831. The van der Waals surface area contributed by atoms with Gasteiger partial charge in [-0.3, -0.25) is 4.79 Å². The highest BCUT2D eigenvalue weighted by Gasteiger charge is 2.06. The van der Waals surface area contributed by atoms with Gasteiger partial charge in [-0.1, -0.05) is 25.1 Å². The Morgan fingerprint density at radius 2 is 2.18 bits per heavy atom. The standard InChI is InChI=1S/C13H14N2OS.H2/c1-2-13-14-9-11(17-13)8-12(16)15-10-6-4-3-5-7-10;/h3-7,9H,2,8H2,1H3,(H,15,16);1H. The second-order valence-corrected chi connectivity index (χ2v) is 4.86. The Kier molecular flexibility index (Phi) is 3.88. The van der Waals surface area contributed by atoms with Crippen molar-refractivity contribution < 1.29 is 6.22 Å². The van der Waals surface area contributed by atoms with E-state index in [0.29, 0.717) is 6.42 Å². The minimum absolute atomic E-state index is 0. The van der Waals surface area contributed by atoms with Crippen molar-refractivity contribution in [2.75, 3.05) is 5.32 Å². The molecule has 2 aromatic rings. The number of amides is 1. The van der Waals surface area contributed by atoms with Crippen molar-refractivity contribution in [3.63, 3.8) is 0 Å². The SMILES string of the molecule is CCc1ncc(CC(=O)Nc2ccccc2)s1.[HH]. The van der Waals surface area contributed by atoms with Crippen LogP contribution in [0.1, 0.15) is 18.2 Å². The molecule has 2 rings (SSSR count). The van der Waals surface area contributed by atoms with Crippen LogP contribution in [0.2, 0.25) is 0 Å². The number of carbonyl (C=O) groups is 1. The van der Waals surface area contributed by atoms with Crippen molar-refractivity contribution in [1.82, 2.24) is 4.98 Å². The van der Waals surface area contributed by atoms with Gasteiger partial charge in [0, 0.05) is 18.2 Å². The van der Waals surface area contributed by atoms with Crippen LogP contribution in [-0.2, 0) is 17.6 Å². The Bertz CT molecular complexity index is 499. The van der Waals surface area contributed by atoms with Crippen LogP contribution in [0.4, 0.5) is 5.69 Å². The first kappa shape index (κ1) is 11.8. The van der Waals surface area contributed by atoms with E-state index in [-0.39, 0.29) is 7.33 Å². The lowest BCUT2D eigenvalue weighted by molar-refractivity contribution is -0.115. The van der Waals surface area contributed by atoms with E-state index < -0.39 is 0 Å². The van der Waals surface area contributed by atoms with E-state index in [0.717, 1.165) is 22.0 Å². The molecular weight excluding hydrogens is 232 g/mol. The van der Waals surface area contributed by atoms with Crippen molar-refractivity contribution in [3.05, 3.63) is 46.4 Å². The van der Waals surface area contributed by atoms with Crippen molar-refractivity contribution in [2.24, 2.45) is 0 Å². The number of benzene rings is 1. The molecule has 1 heterocycles. The second-order valence-electron chi connectivity index (χ2n) is 3.66. The molecule has 0 aliphatic rings. The molecule has 0 saturated heterocycles. The molecule has 0 bridgehead atoms. The number of para-hydroxylation sites is 1. The lowest BCUT2D eigenvalue weighted by Gasteiger charge is -2.02. The normalized spacial score (nSPS) is 10.2. The number of aryl methyl sites for hydroxylation is 1. The fourth-order valence-corrected chi connectivity index (χ4v) is 2.34. The molecule has 1 amide bonds. The summed E-state index contributed by atoms with van der Waals surface area (Å²) in [5.74, 6) is 0.00232. The van der Waals surface area contributed by atoms with Crippen LogP contribution in [0.25, 0.3) is 0 Å². The van der Waals surface area contributed by atoms with Crippen LogP contribution >= 0.6 is 11.3 Å². The molecule has 1 N–H and O–H groups in total. The minimum atomic E-state index is 0. The summed E-state index contributed by atoms with van der Waals surface area (Å²) in [5, 5.41) is 3.93. The Balaban J connectivity index is 0.00000162. The lowest BCUT2D eigenvalue weighted by atomic mass is 10.3. The Labute approximate surface area is 106 Å². The largest absolute Gasteiger partial charge is 0.326 e. The highest BCUT2D eigenvalue weighted by atomic mass is 32.1. The second kappa shape index (κ2) is 5.59. The van der Waals surface area contributed by atoms with Crippen LogP contribution in [-0.4, -0.2) is 10.9 Å². The molecule has 0 unspecified atom stereocenters. The van der Waals surface area contributed by atoms with Gasteiger partial charge in [-0.25, -0.2) is 4.98 Å². The number of nitrogens with one attached hydrogen (secondary N) is 1. The summed E-state index contributed by atoms with van der Waals surface area (Å²) in [6.07, 6.45) is 3.10. The van der Waals surface area contributed by atoms with Crippen LogP contribution in [0.5, 0.6) is 0 Å². The first-order chi connectivity index (χ1) is 8.28. The molecule has 0 saturated carbocycles. The average molecular weight is 248 g/mol. The van der Waals surface area contributed by atoms with Gasteiger partial charge >= 0.3 is 0 Å². The number of anilines is 1. The molecule has 0 atom stereocenters. The van der Waals surface area contributed by atoms with Gasteiger partial charge in [0.1, 0.15) is 0 Å². The third-order valence-electron chi connectivity index (χ3n) is 2.30. The summed E-state index contributed by atoms with van der Waals surface area (Å²) in [6, 6.07) is 9.48. The van der Waals surface area contributed by atoms with Crippen molar-refractivity contribution in [2.45, 2.75) is 19.8 Å². The monoisotopic (exact) mass is 248 g/mol. The highest BCUT2D eigenvalue weighted by Crippen LogP contribution is 2.14. The molecule has 0 radical (unpaired) electrons. The maximum atomic E-state index is 11.7. The molecule has 0 aliphatic heterocycles. The molecule has 1 aromatic carbocycles. The van der Waals surface area contributed by atoms with Gasteiger partial charge < -0.3 is 5.32 Å². The molecule has 1 aromatic heterocycles. The van der Waals surface area contributed by atoms with Crippen molar-refractivity contribution in [3.8, 4) is 0 Å². The van der Waals surface area contributed by atoms with E-state index in [1.165, 1.54) is 0 Å². The fourth-order valence-electron chi connectivity index (χ4n) is 1.48. The van der Waals surface area contributed by atoms with E-state index in [9.17, 15) is 4.79 Å². The molecule has 4 heteroatoms. The van der Waals surface area contributed by atoms with Gasteiger partial charge in [0.15, 0.2) is 0 Å². The number of thiazole rings is 1. The molecule has 3 nitrogen and oxygen atoms in total. The predicted octanol–water partition coefficient (Wildman–Crippen LogP) is 3.13. The van der Waals surface area contributed by atoms with Gasteiger partial charge in [0.2, 0.25) is 5.91 Å². The van der Waals surface area contributed by atoms with Crippen LogP contribution in [0, 0.1) is 0 Å². The maximum absolute atomic E-state index is 11.7. The Hall–Kier alpha value is -1.68. The van der Waals surface area contributed by atoms with E-state index >= 15 is 0 Å². The predicted molar refractivity (Wildman–Crippen MR) is 72.4 cm³/mol. The summed E-state index contributed by atoms with van der Waals surface area (Å²) in [4.78, 5) is 17.0. The summed E-state index contributed by atoms with van der Waals surface area (Å²) < 4.78 is 0. The molecule has 0 aliphatic carbocycles. The summed E-state index contributed by atoms with van der Waals surface area (Å²) in [7, 11) is 0. The van der Waals surface area contributed by atoms with E-state index in [4.69, 9.17) is 0 Å². The molecule has 17 heavy (non-hydrogen) atoms. The first-order valence-electron chi connectivity index (χ1n) is 5.56. The number of hydrogen-bond donors (Lipinski definition) is 1. The maximum Gasteiger partial charge on any atom is 0.229 e.